The molecule has 0 atom stereocenters. The third-order valence-electron chi connectivity index (χ3n) is 6.24. The van der Waals surface area contributed by atoms with Gasteiger partial charge in [-0.1, -0.05) is 47.5 Å². The first kappa shape index (κ1) is 30.3. The molecular formula is C27H20N4O9S3. The van der Waals surface area contributed by atoms with Crippen molar-refractivity contribution < 1.29 is 40.6 Å². The number of hydrogen-bond donors (Lipinski definition) is 3. The predicted octanol–water partition coefficient (Wildman–Crippen LogP) is 8.05. The molecule has 0 fully saturated rings. The Bertz CT molecular complexity index is 2150. The van der Waals surface area contributed by atoms with Crippen LogP contribution in [-0.2, 0) is 29.6 Å². The van der Waals surface area contributed by atoms with E-state index in [1.54, 1.807) is 61.5 Å². The average Bonchev–Trinajstić information content (AvgIpc) is 2.97. The van der Waals surface area contributed by atoms with Gasteiger partial charge in [-0.15, -0.1) is 24.8 Å². The number of azo groups is 2. The van der Waals surface area contributed by atoms with E-state index in [0.29, 0.717) is 61.1 Å². The van der Waals surface area contributed by atoms with Crippen molar-refractivity contribution in [3.63, 3.8) is 0 Å². The second-order valence-corrected chi connectivity index (χ2v) is 12.5. The monoisotopic (exact) mass is 640 g/mol. The number of nitrogens with zero attached hydrogens (tertiary/aromatic N) is 4. The molecule has 3 N–H and O–H groups in total. The standard InChI is InChI=1S/C27H20N4O9S3/c1-16-9-11-23(20-7-4-8-26(27(16)20)43(36,37)38)30-28-21-12-13-22(19-6-3-2-5-18(19)21)29-31-24-15-17(41-40-39-32)10-14-25(24)42(33,34)35/h2-15,32H,1H3,(H,33,34,35)(H,36,37,38). The maximum atomic E-state index is 12.0. The lowest BCUT2D eigenvalue weighted by Gasteiger charge is -2.09. The first-order chi connectivity index (χ1) is 20.5. The third-order valence-corrected chi connectivity index (χ3v) is 8.62. The smallest absolute Gasteiger partial charge is 0.282 e. The molecule has 5 aromatic rings. The van der Waals surface area contributed by atoms with Gasteiger partial charge in [0.1, 0.15) is 15.5 Å². The second kappa shape index (κ2) is 12.2. The van der Waals surface area contributed by atoms with Crippen molar-refractivity contribution >= 4 is 76.6 Å². The molecule has 0 heterocycles. The second-order valence-electron chi connectivity index (χ2n) is 8.94. The van der Waals surface area contributed by atoms with Crippen LogP contribution >= 0.6 is 12.0 Å². The van der Waals surface area contributed by atoms with Crippen LogP contribution in [0.5, 0.6) is 0 Å². The highest BCUT2D eigenvalue weighted by atomic mass is 32.2. The molecule has 0 bridgehead atoms. The first-order valence-electron chi connectivity index (χ1n) is 12.1. The number of fused-ring (bicyclic) bond motifs is 2. The minimum Gasteiger partial charge on any atom is -0.282 e. The zero-order valence-corrected chi connectivity index (χ0v) is 24.3. The number of aryl methyl sites for hydroxylation is 1. The zero-order chi connectivity index (χ0) is 30.8. The summed E-state index contributed by atoms with van der Waals surface area (Å²) in [7, 11) is -9.12. The van der Waals surface area contributed by atoms with Crippen LogP contribution in [0.15, 0.2) is 120 Å². The maximum Gasteiger partial charge on any atom is 0.296 e. The lowest BCUT2D eigenvalue weighted by atomic mass is 10.0. The van der Waals surface area contributed by atoms with Crippen LogP contribution in [0.2, 0.25) is 0 Å². The average molecular weight is 641 g/mol. The molecule has 0 saturated carbocycles. The summed E-state index contributed by atoms with van der Waals surface area (Å²) in [4.78, 5) is -0.429. The van der Waals surface area contributed by atoms with Gasteiger partial charge in [-0.2, -0.15) is 16.8 Å². The van der Waals surface area contributed by atoms with E-state index in [9.17, 15) is 25.9 Å². The molecule has 0 saturated heterocycles. The summed E-state index contributed by atoms with van der Waals surface area (Å²) in [6, 6.07) is 21.9. The fourth-order valence-electron chi connectivity index (χ4n) is 4.39. The van der Waals surface area contributed by atoms with E-state index < -0.39 is 25.1 Å². The highest BCUT2D eigenvalue weighted by Gasteiger charge is 2.18. The summed E-state index contributed by atoms with van der Waals surface area (Å²) in [5, 5.41) is 31.0. The minimum absolute atomic E-state index is 0.197. The van der Waals surface area contributed by atoms with E-state index in [1.807, 2.05) is 0 Å². The Morgan fingerprint density at radius 3 is 1.74 bits per heavy atom. The van der Waals surface area contributed by atoms with Gasteiger partial charge in [-0.3, -0.25) is 9.11 Å². The molecule has 0 aromatic heterocycles. The van der Waals surface area contributed by atoms with Crippen LogP contribution in [-0.4, -0.2) is 31.2 Å². The quantitative estimate of drug-likeness (QED) is 0.0466. The molecule has 16 heteroatoms. The molecule has 0 aliphatic rings. The Morgan fingerprint density at radius 1 is 0.628 bits per heavy atom. The molecular weight excluding hydrogens is 621 g/mol. The van der Waals surface area contributed by atoms with Gasteiger partial charge in [0.05, 0.1) is 29.1 Å². The molecule has 220 valence electrons. The number of benzene rings is 5. The molecule has 0 amide bonds. The van der Waals surface area contributed by atoms with Crippen LogP contribution in [0.25, 0.3) is 21.5 Å². The van der Waals surface area contributed by atoms with Gasteiger partial charge in [-0.25, -0.2) is 5.26 Å². The van der Waals surface area contributed by atoms with Crippen LogP contribution < -0.4 is 0 Å². The van der Waals surface area contributed by atoms with E-state index in [2.05, 4.69) is 29.8 Å². The largest absolute Gasteiger partial charge is 0.296 e. The van der Waals surface area contributed by atoms with Crippen molar-refractivity contribution in [2.75, 3.05) is 0 Å². The van der Waals surface area contributed by atoms with Crippen molar-refractivity contribution in [2.24, 2.45) is 20.5 Å². The summed E-state index contributed by atoms with van der Waals surface area (Å²) < 4.78 is 71.4. The highest BCUT2D eigenvalue weighted by molar-refractivity contribution is 7.94. The van der Waals surface area contributed by atoms with Crippen molar-refractivity contribution in [2.45, 2.75) is 21.6 Å². The summed E-state index contributed by atoms with van der Waals surface area (Å²) in [5.41, 5.74) is 1.62. The van der Waals surface area contributed by atoms with E-state index in [-0.39, 0.29) is 10.6 Å². The summed E-state index contributed by atoms with van der Waals surface area (Å²) in [6.07, 6.45) is 0. The SMILES string of the molecule is Cc1ccc(N=Nc2ccc(N=Nc3cc(SOOO)ccc3S(=O)(=O)O)c3ccccc23)c2cccc(S(=O)(=O)O)c12. The van der Waals surface area contributed by atoms with E-state index in [1.165, 1.54) is 24.3 Å². The third kappa shape index (κ3) is 6.61. The van der Waals surface area contributed by atoms with Gasteiger partial charge in [0, 0.05) is 26.4 Å². The van der Waals surface area contributed by atoms with Gasteiger partial charge in [-0.05, 0) is 55.0 Å². The van der Waals surface area contributed by atoms with E-state index in [0.717, 1.165) is 6.07 Å². The highest BCUT2D eigenvalue weighted by Crippen LogP contribution is 2.38. The van der Waals surface area contributed by atoms with Crippen LogP contribution in [0.4, 0.5) is 22.7 Å². The maximum absolute atomic E-state index is 12.0. The Morgan fingerprint density at radius 2 is 1.16 bits per heavy atom. The van der Waals surface area contributed by atoms with E-state index in [4.69, 9.17) is 5.26 Å². The number of rotatable bonds is 9. The summed E-state index contributed by atoms with van der Waals surface area (Å²) >= 11 is 0.572. The predicted molar refractivity (Wildman–Crippen MR) is 158 cm³/mol. The fourth-order valence-corrected chi connectivity index (χ4v) is 6.16. The Kier molecular flexibility index (Phi) is 8.63. The topological polar surface area (TPSA) is 197 Å². The van der Waals surface area contributed by atoms with Gasteiger partial charge in [0.25, 0.3) is 20.2 Å². The summed E-state index contributed by atoms with van der Waals surface area (Å²) in [5.74, 6) is 0. The fraction of sp³-hybridized carbons (Fsp3) is 0.0370. The molecule has 0 spiro atoms. The Hall–Kier alpha value is -4.13. The van der Waals surface area contributed by atoms with Crippen LogP contribution in [0.1, 0.15) is 5.56 Å². The molecule has 43 heavy (non-hydrogen) atoms. The molecule has 0 aliphatic carbocycles. The molecule has 0 unspecified atom stereocenters. The molecule has 13 nitrogen and oxygen atoms in total. The van der Waals surface area contributed by atoms with Crippen LogP contribution in [0, 0.1) is 6.92 Å². The zero-order valence-electron chi connectivity index (χ0n) is 21.9. The van der Waals surface area contributed by atoms with Crippen molar-refractivity contribution in [1.82, 2.24) is 0 Å². The van der Waals surface area contributed by atoms with Gasteiger partial charge in [0.15, 0.2) is 0 Å². The van der Waals surface area contributed by atoms with Crippen molar-refractivity contribution in [3.05, 3.63) is 90.5 Å². The molecule has 0 aliphatic heterocycles. The molecule has 0 radical (unpaired) electrons. The number of hydrogen-bond acceptors (Lipinski definition) is 12. The Balaban J connectivity index is 1.56. The first-order valence-corrected chi connectivity index (χ1v) is 15.7. The van der Waals surface area contributed by atoms with Gasteiger partial charge in [0.2, 0.25) is 0 Å². The normalized spacial score (nSPS) is 12.7. The van der Waals surface area contributed by atoms with Crippen LogP contribution in [0.3, 0.4) is 0 Å². The van der Waals surface area contributed by atoms with Crippen molar-refractivity contribution in [1.29, 1.82) is 0 Å². The van der Waals surface area contributed by atoms with Gasteiger partial charge >= 0.3 is 0 Å². The molecule has 5 aromatic carbocycles. The van der Waals surface area contributed by atoms with Crippen molar-refractivity contribution in [3.8, 4) is 0 Å². The Labute approximate surface area is 249 Å². The van der Waals surface area contributed by atoms with E-state index >= 15 is 0 Å². The van der Waals surface area contributed by atoms with Gasteiger partial charge < -0.3 is 0 Å². The lowest BCUT2D eigenvalue weighted by Crippen LogP contribution is -1.99. The minimum atomic E-state index is -4.65. The molecule has 5 rings (SSSR count). The lowest BCUT2D eigenvalue weighted by molar-refractivity contribution is -0.432. The summed E-state index contributed by atoms with van der Waals surface area (Å²) in [6.45, 7) is 1.73.